The number of nitrogens with zero attached hydrogens (tertiary/aromatic N) is 2. The first kappa shape index (κ1) is 20.4. The van der Waals surface area contributed by atoms with Gasteiger partial charge >= 0.3 is 11.7 Å². The summed E-state index contributed by atoms with van der Waals surface area (Å²) in [6, 6.07) is 6.03. The molecule has 2 aliphatic rings. The number of methoxy groups -OCH3 is 1. The van der Waals surface area contributed by atoms with Crippen LogP contribution in [0.4, 0.5) is 5.69 Å². The van der Waals surface area contributed by atoms with E-state index in [9.17, 15) is 14.9 Å². The van der Waals surface area contributed by atoms with E-state index in [1.54, 1.807) is 6.07 Å². The van der Waals surface area contributed by atoms with E-state index in [0.29, 0.717) is 18.6 Å². The lowest BCUT2D eigenvalue weighted by molar-refractivity contribution is -0.385. The highest BCUT2D eigenvalue weighted by Gasteiger charge is 2.29. The standard InChI is InChI=1S/C17H23N3O5.ClH/c1-24-17(21)11-25-16-5-2-12(8-15(16)20(22)23)9-19-7-6-13-3-4-14(10-19)18-13;/h2,5,8,13-14,18H,3-4,6-7,9-11H2,1H3;1H. The maximum atomic E-state index is 11.3. The number of nitrogens with one attached hydrogen (secondary N) is 1. The molecule has 1 N–H and O–H groups in total. The minimum Gasteiger partial charge on any atom is -0.475 e. The summed E-state index contributed by atoms with van der Waals surface area (Å²) in [7, 11) is 1.24. The van der Waals surface area contributed by atoms with Crippen LogP contribution in [0.25, 0.3) is 0 Å². The Hall–Kier alpha value is -1.90. The molecule has 9 heteroatoms. The second-order valence-corrected chi connectivity index (χ2v) is 6.59. The summed E-state index contributed by atoms with van der Waals surface area (Å²) >= 11 is 0. The quantitative estimate of drug-likeness (QED) is 0.454. The minimum absolute atomic E-state index is 0. The molecule has 26 heavy (non-hydrogen) atoms. The Kier molecular flexibility index (Phi) is 7.19. The van der Waals surface area contributed by atoms with Crippen LogP contribution >= 0.6 is 12.4 Å². The van der Waals surface area contributed by atoms with E-state index in [1.807, 2.05) is 6.07 Å². The Labute approximate surface area is 158 Å². The zero-order valence-corrected chi connectivity index (χ0v) is 15.5. The molecule has 2 heterocycles. The number of likely N-dealkylation sites (tertiary alicyclic amines) is 1. The first-order valence-electron chi connectivity index (χ1n) is 8.50. The lowest BCUT2D eigenvalue weighted by Crippen LogP contribution is -2.34. The minimum atomic E-state index is -0.578. The van der Waals surface area contributed by atoms with Crippen LogP contribution in [-0.2, 0) is 16.1 Å². The SMILES string of the molecule is COC(=O)COc1ccc(CN2CCC3CCC(C2)N3)cc1[N+](=O)[O-].Cl. The van der Waals surface area contributed by atoms with Crippen LogP contribution < -0.4 is 10.1 Å². The number of nitro benzene ring substituents is 1. The summed E-state index contributed by atoms with van der Waals surface area (Å²) < 4.78 is 9.70. The number of halogens is 1. The molecule has 144 valence electrons. The molecule has 2 aliphatic heterocycles. The highest BCUT2D eigenvalue weighted by molar-refractivity contribution is 5.85. The fourth-order valence-corrected chi connectivity index (χ4v) is 3.54. The van der Waals surface area contributed by atoms with Crippen LogP contribution in [-0.4, -0.2) is 54.7 Å². The molecule has 3 rings (SSSR count). The summed E-state index contributed by atoms with van der Waals surface area (Å²) in [6.07, 6.45) is 3.55. The van der Waals surface area contributed by atoms with Crippen LogP contribution in [0.2, 0.25) is 0 Å². The number of rotatable bonds is 6. The second-order valence-electron chi connectivity index (χ2n) is 6.59. The van der Waals surface area contributed by atoms with Gasteiger partial charge in [-0.15, -0.1) is 12.4 Å². The number of benzene rings is 1. The molecule has 0 aliphatic carbocycles. The van der Waals surface area contributed by atoms with E-state index in [-0.39, 0.29) is 30.5 Å². The average Bonchev–Trinajstić information content (AvgIpc) is 2.94. The van der Waals surface area contributed by atoms with Crippen molar-refractivity contribution >= 4 is 24.1 Å². The number of hydrogen-bond acceptors (Lipinski definition) is 7. The molecule has 0 spiro atoms. The van der Waals surface area contributed by atoms with Gasteiger partial charge in [0.25, 0.3) is 0 Å². The maximum absolute atomic E-state index is 11.3. The van der Waals surface area contributed by atoms with Crippen LogP contribution in [0.3, 0.4) is 0 Å². The van der Waals surface area contributed by atoms with Crippen molar-refractivity contribution in [1.29, 1.82) is 0 Å². The van der Waals surface area contributed by atoms with E-state index < -0.39 is 10.9 Å². The van der Waals surface area contributed by atoms with Crippen molar-refractivity contribution in [3.05, 3.63) is 33.9 Å². The molecule has 1 aromatic carbocycles. The predicted molar refractivity (Wildman–Crippen MR) is 97.7 cm³/mol. The molecule has 2 atom stereocenters. The highest BCUT2D eigenvalue weighted by atomic mass is 35.5. The lowest BCUT2D eigenvalue weighted by Gasteiger charge is -2.24. The normalized spacial score (nSPS) is 22.2. The fraction of sp³-hybridized carbons (Fsp3) is 0.588. The molecule has 8 nitrogen and oxygen atoms in total. The monoisotopic (exact) mass is 385 g/mol. The maximum Gasteiger partial charge on any atom is 0.343 e. The Bertz CT molecular complexity index is 657. The highest BCUT2D eigenvalue weighted by Crippen LogP contribution is 2.29. The third-order valence-corrected chi connectivity index (χ3v) is 4.81. The van der Waals surface area contributed by atoms with E-state index >= 15 is 0 Å². The summed E-state index contributed by atoms with van der Waals surface area (Å²) in [4.78, 5) is 24.3. The van der Waals surface area contributed by atoms with Gasteiger partial charge in [0.2, 0.25) is 0 Å². The van der Waals surface area contributed by atoms with Gasteiger partial charge in [-0.2, -0.15) is 0 Å². The summed E-state index contributed by atoms with van der Waals surface area (Å²) in [5.41, 5.74) is 0.741. The van der Waals surface area contributed by atoms with Crippen molar-refractivity contribution in [1.82, 2.24) is 10.2 Å². The molecular weight excluding hydrogens is 362 g/mol. The van der Waals surface area contributed by atoms with Crippen molar-refractivity contribution in [3.63, 3.8) is 0 Å². The van der Waals surface area contributed by atoms with Gasteiger partial charge in [0.05, 0.1) is 12.0 Å². The van der Waals surface area contributed by atoms with Crippen LogP contribution in [0.1, 0.15) is 24.8 Å². The number of ether oxygens (including phenoxy) is 2. The van der Waals surface area contributed by atoms with E-state index in [0.717, 1.165) is 25.1 Å². The van der Waals surface area contributed by atoms with Gasteiger partial charge in [-0.3, -0.25) is 15.0 Å². The molecule has 1 aromatic rings. The largest absolute Gasteiger partial charge is 0.475 e. The van der Waals surface area contributed by atoms with Crippen LogP contribution in [0.5, 0.6) is 5.75 Å². The van der Waals surface area contributed by atoms with Crippen LogP contribution in [0, 0.1) is 10.1 Å². The van der Waals surface area contributed by atoms with Crippen molar-refractivity contribution in [3.8, 4) is 5.75 Å². The second kappa shape index (κ2) is 9.16. The first-order valence-corrected chi connectivity index (χ1v) is 8.50. The Morgan fingerprint density at radius 2 is 2.12 bits per heavy atom. The molecule has 2 bridgehead atoms. The summed E-state index contributed by atoms with van der Waals surface area (Å²) in [6.45, 7) is 2.27. The van der Waals surface area contributed by atoms with Gasteiger partial charge in [0.1, 0.15) is 0 Å². The molecule has 0 amide bonds. The molecule has 2 unspecified atom stereocenters. The molecule has 0 saturated carbocycles. The zero-order valence-electron chi connectivity index (χ0n) is 14.7. The number of esters is 1. The van der Waals surface area contributed by atoms with Crippen molar-refractivity contribution in [2.75, 3.05) is 26.8 Å². The number of nitro groups is 1. The summed E-state index contributed by atoms with van der Waals surface area (Å²) in [5.74, 6) is -0.499. The number of carbonyl (C=O) groups excluding carboxylic acids is 1. The topological polar surface area (TPSA) is 93.9 Å². The number of hydrogen-bond donors (Lipinski definition) is 1. The molecule has 0 aromatic heterocycles. The lowest BCUT2D eigenvalue weighted by atomic mass is 10.1. The van der Waals surface area contributed by atoms with Crippen molar-refractivity contribution < 1.29 is 19.2 Å². The predicted octanol–water partition coefficient (Wildman–Crippen LogP) is 1.89. The Morgan fingerprint density at radius 1 is 1.35 bits per heavy atom. The van der Waals surface area contributed by atoms with E-state index in [4.69, 9.17) is 4.74 Å². The van der Waals surface area contributed by atoms with Crippen LogP contribution in [0.15, 0.2) is 18.2 Å². The van der Waals surface area contributed by atoms with Gasteiger partial charge in [-0.1, -0.05) is 6.07 Å². The van der Waals surface area contributed by atoms with Gasteiger partial charge in [-0.25, -0.2) is 4.79 Å². The van der Waals surface area contributed by atoms with Gasteiger partial charge in [0.15, 0.2) is 12.4 Å². The third kappa shape index (κ3) is 5.06. The van der Waals surface area contributed by atoms with Crippen molar-refractivity contribution in [2.45, 2.75) is 37.9 Å². The Morgan fingerprint density at radius 3 is 2.85 bits per heavy atom. The van der Waals surface area contributed by atoms with E-state index in [1.165, 1.54) is 26.0 Å². The van der Waals surface area contributed by atoms with Crippen molar-refractivity contribution in [2.24, 2.45) is 0 Å². The number of carbonyl (C=O) groups is 1. The fourth-order valence-electron chi connectivity index (χ4n) is 3.54. The number of fused-ring (bicyclic) bond motifs is 2. The summed E-state index contributed by atoms with van der Waals surface area (Å²) in [5, 5.41) is 15.0. The van der Waals surface area contributed by atoms with Gasteiger partial charge < -0.3 is 14.8 Å². The molecule has 0 radical (unpaired) electrons. The van der Waals surface area contributed by atoms with Gasteiger partial charge in [0, 0.05) is 37.8 Å². The third-order valence-electron chi connectivity index (χ3n) is 4.81. The molecule has 2 fully saturated rings. The average molecular weight is 386 g/mol. The smallest absolute Gasteiger partial charge is 0.343 e. The Balaban J connectivity index is 0.00000243. The molecule has 2 saturated heterocycles. The first-order chi connectivity index (χ1) is 12.0. The molecular formula is C17H24ClN3O5. The van der Waals surface area contributed by atoms with E-state index in [2.05, 4.69) is 15.0 Å². The zero-order chi connectivity index (χ0) is 17.8. The van der Waals surface area contributed by atoms with Gasteiger partial charge in [-0.05, 0) is 30.9 Å².